The highest BCUT2D eigenvalue weighted by molar-refractivity contribution is 5.45. The number of benzene rings is 1. The van der Waals surface area contributed by atoms with Gasteiger partial charge in [0.2, 0.25) is 6.79 Å². The van der Waals surface area contributed by atoms with Crippen molar-refractivity contribution in [1.29, 1.82) is 0 Å². The van der Waals surface area contributed by atoms with Crippen LogP contribution in [0.3, 0.4) is 0 Å². The van der Waals surface area contributed by atoms with E-state index in [1.54, 1.807) is 0 Å². The lowest BCUT2D eigenvalue weighted by molar-refractivity contribution is 0.174. The van der Waals surface area contributed by atoms with E-state index in [4.69, 9.17) is 14.6 Å². The largest absolute Gasteiger partial charge is 0.454 e. The van der Waals surface area contributed by atoms with Crippen LogP contribution in [-0.2, 0) is 0 Å². The minimum Gasteiger partial charge on any atom is -0.454 e. The molecule has 0 spiro atoms. The number of fused-ring (bicyclic) bond motifs is 1. The van der Waals surface area contributed by atoms with E-state index in [0.29, 0.717) is 6.42 Å². The maximum atomic E-state index is 9.30. The zero-order chi connectivity index (χ0) is 11.4. The van der Waals surface area contributed by atoms with Gasteiger partial charge in [-0.25, -0.2) is 0 Å². The number of hydrogen-bond donors (Lipinski definition) is 2. The van der Waals surface area contributed by atoms with Gasteiger partial charge in [0.1, 0.15) is 0 Å². The molecule has 0 bridgehead atoms. The summed E-state index contributed by atoms with van der Waals surface area (Å²) in [4.78, 5) is 0. The van der Waals surface area contributed by atoms with Crippen molar-refractivity contribution in [3.05, 3.63) is 23.8 Å². The molecule has 0 aliphatic carbocycles. The molecule has 0 amide bonds. The molecule has 0 fully saturated rings. The van der Waals surface area contributed by atoms with Crippen LogP contribution < -0.4 is 9.47 Å². The number of rotatable bonds is 5. The molecule has 0 unspecified atom stereocenters. The quantitative estimate of drug-likeness (QED) is 0.790. The van der Waals surface area contributed by atoms with Gasteiger partial charge >= 0.3 is 0 Å². The Morgan fingerprint density at radius 3 is 2.75 bits per heavy atom. The second-order valence-corrected chi connectivity index (χ2v) is 3.86. The van der Waals surface area contributed by atoms with Crippen LogP contribution in [0.2, 0.25) is 0 Å². The summed E-state index contributed by atoms with van der Waals surface area (Å²) >= 11 is 0. The SMILES string of the molecule is OCCC[C@@H](CO)c1ccc2c(c1)OCO2. The first kappa shape index (κ1) is 11.2. The standard InChI is InChI=1S/C12H16O4/c13-5-1-2-10(7-14)9-3-4-11-12(6-9)16-8-15-11/h3-4,6,10,13-14H,1-2,5,7-8H2/t10-/m0/s1. The molecule has 1 heterocycles. The molecule has 0 aromatic heterocycles. The fourth-order valence-electron chi connectivity index (χ4n) is 1.87. The molecular formula is C12H16O4. The third-order valence-corrected chi connectivity index (χ3v) is 2.80. The molecule has 0 saturated carbocycles. The fraction of sp³-hybridized carbons (Fsp3) is 0.500. The first-order valence-corrected chi connectivity index (χ1v) is 5.46. The summed E-state index contributed by atoms with van der Waals surface area (Å²) in [6.45, 7) is 0.500. The first-order valence-electron chi connectivity index (χ1n) is 5.46. The van der Waals surface area contributed by atoms with E-state index in [1.165, 1.54) is 0 Å². The zero-order valence-corrected chi connectivity index (χ0v) is 9.06. The van der Waals surface area contributed by atoms with Crippen LogP contribution in [0.15, 0.2) is 18.2 Å². The van der Waals surface area contributed by atoms with Crippen molar-refractivity contribution in [2.75, 3.05) is 20.0 Å². The third kappa shape index (κ3) is 2.28. The Bertz CT molecular complexity index is 351. The van der Waals surface area contributed by atoms with E-state index < -0.39 is 0 Å². The second-order valence-electron chi connectivity index (χ2n) is 3.86. The van der Waals surface area contributed by atoms with Gasteiger partial charge in [-0.3, -0.25) is 0 Å². The van der Waals surface area contributed by atoms with Crippen LogP contribution in [0.4, 0.5) is 0 Å². The van der Waals surface area contributed by atoms with Gasteiger partial charge in [-0.1, -0.05) is 6.07 Å². The Labute approximate surface area is 94.4 Å². The Morgan fingerprint density at radius 1 is 1.19 bits per heavy atom. The predicted molar refractivity (Wildman–Crippen MR) is 58.7 cm³/mol. The van der Waals surface area contributed by atoms with Gasteiger partial charge in [0, 0.05) is 19.1 Å². The number of aliphatic hydroxyl groups is 2. The molecule has 1 aromatic rings. The van der Waals surface area contributed by atoms with Gasteiger partial charge in [-0.05, 0) is 30.5 Å². The molecule has 1 atom stereocenters. The number of aliphatic hydroxyl groups excluding tert-OH is 2. The van der Waals surface area contributed by atoms with Crippen molar-refractivity contribution in [2.45, 2.75) is 18.8 Å². The highest BCUT2D eigenvalue weighted by Crippen LogP contribution is 2.35. The van der Waals surface area contributed by atoms with Crippen molar-refractivity contribution < 1.29 is 19.7 Å². The second kappa shape index (κ2) is 5.18. The Hall–Kier alpha value is -1.26. The van der Waals surface area contributed by atoms with Gasteiger partial charge in [0.05, 0.1) is 0 Å². The van der Waals surface area contributed by atoms with Gasteiger partial charge in [0.15, 0.2) is 11.5 Å². The lowest BCUT2D eigenvalue weighted by Gasteiger charge is -2.14. The van der Waals surface area contributed by atoms with Crippen molar-refractivity contribution in [2.24, 2.45) is 0 Å². The minimum absolute atomic E-state index is 0.0571. The smallest absolute Gasteiger partial charge is 0.231 e. The van der Waals surface area contributed by atoms with Gasteiger partial charge in [-0.15, -0.1) is 0 Å². The molecule has 0 saturated heterocycles. The summed E-state index contributed by atoms with van der Waals surface area (Å²) in [5, 5.41) is 18.1. The predicted octanol–water partition coefficient (Wildman–Crippen LogP) is 1.26. The first-order chi connectivity index (χ1) is 7.85. The van der Waals surface area contributed by atoms with Crippen molar-refractivity contribution >= 4 is 0 Å². The topological polar surface area (TPSA) is 58.9 Å². The van der Waals surface area contributed by atoms with Crippen molar-refractivity contribution in [3.8, 4) is 11.5 Å². The van der Waals surface area contributed by atoms with Crippen LogP contribution >= 0.6 is 0 Å². The Kier molecular flexibility index (Phi) is 3.64. The van der Waals surface area contributed by atoms with Crippen LogP contribution in [0.25, 0.3) is 0 Å². The summed E-state index contributed by atoms with van der Waals surface area (Å²) in [6, 6.07) is 5.70. The zero-order valence-electron chi connectivity index (χ0n) is 9.06. The average molecular weight is 224 g/mol. The molecule has 1 aliphatic rings. The summed E-state index contributed by atoms with van der Waals surface area (Å²) in [6.07, 6.45) is 1.46. The molecule has 16 heavy (non-hydrogen) atoms. The summed E-state index contributed by atoms with van der Waals surface area (Å²) in [5.74, 6) is 1.55. The monoisotopic (exact) mass is 224 g/mol. The van der Waals surface area contributed by atoms with Gasteiger partial charge in [0.25, 0.3) is 0 Å². The van der Waals surface area contributed by atoms with E-state index in [0.717, 1.165) is 23.5 Å². The lowest BCUT2D eigenvalue weighted by atomic mass is 9.95. The Balaban J connectivity index is 2.12. The molecule has 2 rings (SSSR count). The summed E-state index contributed by atoms with van der Waals surface area (Å²) in [7, 11) is 0. The maximum absolute atomic E-state index is 9.30. The molecule has 1 aliphatic heterocycles. The maximum Gasteiger partial charge on any atom is 0.231 e. The molecule has 4 heteroatoms. The van der Waals surface area contributed by atoms with E-state index >= 15 is 0 Å². The van der Waals surface area contributed by atoms with Crippen molar-refractivity contribution in [3.63, 3.8) is 0 Å². The fourth-order valence-corrected chi connectivity index (χ4v) is 1.87. The van der Waals surface area contributed by atoms with Crippen LogP contribution in [0.1, 0.15) is 24.3 Å². The van der Waals surface area contributed by atoms with Crippen molar-refractivity contribution in [1.82, 2.24) is 0 Å². The van der Waals surface area contributed by atoms with Gasteiger partial charge < -0.3 is 19.7 Å². The number of ether oxygens (including phenoxy) is 2. The van der Waals surface area contributed by atoms with Crippen LogP contribution in [0, 0.1) is 0 Å². The van der Waals surface area contributed by atoms with Gasteiger partial charge in [-0.2, -0.15) is 0 Å². The highest BCUT2D eigenvalue weighted by Gasteiger charge is 2.17. The summed E-state index contributed by atoms with van der Waals surface area (Å²) in [5.41, 5.74) is 1.03. The lowest BCUT2D eigenvalue weighted by Crippen LogP contribution is -2.05. The molecule has 4 nitrogen and oxygen atoms in total. The van der Waals surface area contributed by atoms with E-state index in [2.05, 4.69) is 0 Å². The highest BCUT2D eigenvalue weighted by atomic mass is 16.7. The molecule has 0 radical (unpaired) electrons. The van der Waals surface area contributed by atoms with E-state index in [9.17, 15) is 5.11 Å². The van der Waals surface area contributed by atoms with E-state index in [1.807, 2.05) is 18.2 Å². The molecule has 1 aromatic carbocycles. The third-order valence-electron chi connectivity index (χ3n) is 2.80. The van der Waals surface area contributed by atoms with Crippen LogP contribution in [-0.4, -0.2) is 30.2 Å². The average Bonchev–Trinajstić information content (AvgIpc) is 2.77. The summed E-state index contributed by atoms with van der Waals surface area (Å²) < 4.78 is 10.5. The normalized spacial score (nSPS) is 15.1. The van der Waals surface area contributed by atoms with Crippen LogP contribution in [0.5, 0.6) is 11.5 Å². The molecular weight excluding hydrogens is 208 g/mol. The minimum atomic E-state index is 0.0571. The number of hydrogen-bond acceptors (Lipinski definition) is 4. The Morgan fingerprint density at radius 2 is 2.00 bits per heavy atom. The van der Waals surface area contributed by atoms with E-state index in [-0.39, 0.29) is 25.9 Å². The molecule has 88 valence electrons. The molecule has 2 N–H and O–H groups in total.